The van der Waals surface area contributed by atoms with Gasteiger partial charge in [-0.2, -0.15) is 0 Å². The SMILES string of the molecule is C=CC(C)(CCC=C(C)C)OC(C)=O.CC(=O)OC(C)(C)C1CC=C(C)CC1. The van der Waals surface area contributed by atoms with Gasteiger partial charge in [-0.3, -0.25) is 9.59 Å². The van der Waals surface area contributed by atoms with Crippen molar-refractivity contribution >= 4 is 11.9 Å². The lowest BCUT2D eigenvalue weighted by atomic mass is 9.79. The Balaban J connectivity index is 0.000000521. The zero-order chi connectivity index (χ0) is 22.0. The first-order chi connectivity index (χ1) is 12.8. The smallest absolute Gasteiger partial charge is 0.303 e. The second-order valence-corrected chi connectivity index (χ2v) is 8.65. The molecule has 0 spiro atoms. The van der Waals surface area contributed by atoms with E-state index in [4.69, 9.17) is 9.47 Å². The van der Waals surface area contributed by atoms with Crippen LogP contribution in [0.3, 0.4) is 0 Å². The third kappa shape index (κ3) is 11.1. The van der Waals surface area contributed by atoms with Crippen molar-refractivity contribution in [1.29, 1.82) is 0 Å². The van der Waals surface area contributed by atoms with Gasteiger partial charge in [-0.15, -0.1) is 0 Å². The molecule has 160 valence electrons. The summed E-state index contributed by atoms with van der Waals surface area (Å²) in [6.45, 7) is 18.7. The molecule has 0 radical (unpaired) electrons. The highest BCUT2D eigenvalue weighted by atomic mass is 16.6. The van der Waals surface area contributed by atoms with E-state index in [1.54, 1.807) is 6.08 Å². The van der Waals surface area contributed by atoms with E-state index < -0.39 is 5.60 Å². The lowest BCUT2D eigenvalue weighted by Crippen LogP contribution is -2.36. The van der Waals surface area contributed by atoms with Gasteiger partial charge in [0.05, 0.1) is 0 Å². The van der Waals surface area contributed by atoms with E-state index in [1.165, 1.54) is 25.0 Å². The molecule has 28 heavy (non-hydrogen) atoms. The highest BCUT2D eigenvalue weighted by Gasteiger charge is 2.32. The molecular weight excluding hydrogens is 352 g/mol. The van der Waals surface area contributed by atoms with E-state index in [2.05, 4.69) is 39.5 Å². The third-order valence-corrected chi connectivity index (χ3v) is 5.03. The average Bonchev–Trinajstić information content (AvgIpc) is 2.53. The van der Waals surface area contributed by atoms with Crippen LogP contribution in [0, 0.1) is 5.92 Å². The molecule has 4 heteroatoms. The van der Waals surface area contributed by atoms with Gasteiger partial charge in [-0.05, 0) is 79.7 Å². The van der Waals surface area contributed by atoms with Crippen molar-refractivity contribution in [1.82, 2.24) is 0 Å². The van der Waals surface area contributed by atoms with Crippen LogP contribution in [0.25, 0.3) is 0 Å². The minimum absolute atomic E-state index is 0.179. The molecule has 0 heterocycles. The van der Waals surface area contributed by atoms with E-state index in [0.29, 0.717) is 5.92 Å². The molecule has 0 N–H and O–H groups in total. The molecule has 0 aliphatic heterocycles. The summed E-state index contributed by atoms with van der Waals surface area (Å²) in [5.74, 6) is 0.0287. The van der Waals surface area contributed by atoms with E-state index in [9.17, 15) is 9.59 Å². The van der Waals surface area contributed by atoms with Crippen molar-refractivity contribution < 1.29 is 19.1 Å². The van der Waals surface area contributed by atoms with Crippen LogP contribution >= 0.6 is 0 Å². The maximum atomic E-state index is 10.9. The molecule has 0 saturated carbocycles. The summed E-state index contributed by atoms with van der Waals surface area (Å²) >= 11 is 0. The highest BCUT2D eigenvalue weighted by Crippen LogP contribution is 2.34. The Morgan fingerprint density at radius 3 is 2.11 bits per heavy atom. The Bertz CT molecular complexity index is 594. The number of esters is 2. The second-order valence-electron chi connectivity index (χ2n) is 8.65. The molecule has 1 aliphatic carbocycles. The molecular formula is C24H40O4. The molecule has 0 bridgehead atoms. The lowest BCUT2D eigenvalue weighted by Gasteiger charge is -2.35. The molecule has 0 aromatic carbocycles. The summed E-state index contributed by atoms with van der Waals surface area (Å²) in [6, 6.07) is 0. The summed E-state index contributed by atoms with van der Waals surface area (Å²) in [5, 5.41) is 0. The maximum Gasteiger partial charge on any atom is 0.303 e. The van der Waals surface area contributed by atoms with Crippen molar-refractivity contribution in [3.8, 4) is 0 Å². The van der Waals surface area contributed by atoms with Crippen LogP contribution in [-0.4, -0.2) is 23.1 Å². The van der Waals surface area contributed by atoms with Crippen molar-refractivity contribution in [2.45, 2.75) is 98.7 Å². The third-order valence-electron chi connectivity index (χ3n) is 5.03. The summed E-state index contributed by atoms with van der Waals surface area (Å²) < 4.78 is 10.5. The predicted molar refractivity (Wildman–Crippen MR) is 116 cm³/mol. The summed E-state index contributed by atoms with van der Waals surface area (Å²) in [6.07, 6.45) is 11.1. The quantitative estimate of drug-likeness (QED) is 0.376. The van der Waals surface area contributed by atoms with E-state index in [0.717, 1.165) is 32.1 Å². The van der Waals surface area contributed by atoms with Gasteiger partial charge in [-0.1, -0.05) is 29.9 Å². The van der Waals surface area contributed by atoms with Crippen LogP contribution in [-0.2, 0) is 19.1 Å². The van der Waals surface area contributed by atoms with Crippen LogP contribution in [0.4, 0.5) is 0 Å². The Morgan fingerprint density at radius 1 is 1.14 bits per heavy atom. The Kier molecular flexibility index (Phi) is 11.1. The molecule has 1 rings (SSSR count). The number of carbonyl (C=O) groups is 2. The number of hydrogen-bond acceptors (Lipinski definition) is 4. The van der Waals surface area contributed by atoms with Crippen molar-refractivity contribution in [2.24, 2.45) is 5.92 Å². The van der Waals surface area contributed by atoms with Gasteiger partial charge in [0.1, 0.15) is 11.2 Å². The molecule has 0 aromatic rings. The zero-order valence-corrected chi connectivity index (χ0v) is 19.2. The fraction of sp³-hybridized carbons (Fsp3) is 0.667. The molecule has 0 saturated heterocycles. The standard InChI is InChI=1S/2C12H20O2/c1-9-5-7-11(8-6-9)12(3,4)14-10(2)13;1-6-12(5,14-11(4)13)9-7-8-10(2)3/h5,11H,6-8H2,1-4H3;6,8H,1,7,9H2,2-5H3. The fourth-order valence-electron chi connectivity index (χ4n) is 3.22. The Morgan fingerprint density at radius 2 is 1.71 bits per heavy atom. The summed E-state index contributed by atoms with van der Waals surface area (Å²) in [4.78, 5) is 21.8. The van der Waals surface area contributed by atoms with Gasteiger partial charge in [0.15, 0.2) is 0 Å². The van der Waals surface area contributed by atoms with E-state index in [-0.39, 0.29) is 17.5 Å². The van der Waals surface area contributed by atoms with Gasteiger partial charge in [0, 0.05) is 19.8 Å². The number of rotatable bonds is 7. The largest absolute Gasteiger partial charge is 0.460 e. The van der Waals surface area contributed by atoms with Gasteiger partial charge in [-0.25, -0.2) is 0 Å². The van der Waals surface area contributed by atoms with E-state index >= 15 is 0 Å². The molecule has 0 fully saturated rings. The zero-order valence-electron chi connectivity index (χ0n) is 19.2. The van der Waals surface area contributed by atoms with Crippen molar-refractivity contribution in [3.63, 3.8) is 0 Å². The molecule has 0 amide bonds. The average molecular weight is 393 g/mol. The van der Waals surface area contributed by atoms with Gasteiger partial charge in [0.25, 0.3) is 0 Å². The van der Waals surface area contributed by atoms with Crippen LogP contribution in [0.2, 0.25) is 0 Å². The van der Waals surface area contributed by atoms with Crippen LogP contribution < -0.4 is 0 Å². The van der Waals surface area contributed by atoms with E-state index in [1.807, 2.05) is 20.8 Å². The van der Waals surface area contributed by atoms with Gasteiger partial charge in [0.2, 0.25) is 0 Å². The fourth-order valence-corrected chi connectivity index (χ4v) is 3.22. The second kappa shape index (κ2) is 11.9. The normalized spacial score (nSPS) is 18.4. The Labute approximate surface area is 172 Å². The topological polar surface area (TPSA) is 52.6 Å². The molecule has 2 unspecified atom stereocenters. The van der Waals surface area contributed by atoms with Crippen molar-refractivity contribution in [3.05, 3.63) is 36.0 Å². The summed E-state index contributed by atoms with van der Waals surface area (Å²) in [7, 11) is 0. The molecule has 4 nitrogen and oxygen atoms in total. The molecule has 2 atom stereocenters. The first kappa shape index (κ1) is 26.2. The highest BCUT2D eigenvalue weighted by molar-refractivity contribution is 5.67. The molecule has 1 aliphatic rings. The first-order valence-electron chi connectivity index (χ1n) is 10.1. The minimum Gasteiger partial charge on any atom is -0.460 e. The number of allylic oxidation sites excluding steroid dienone is 4. The van der Waals surface area contributed by atoms with Gasteiger partial charge < -0.3 is 9.47 Å². The molecule has 0 aromatic heterocycles. The number of ether oxygens (including phenoxy) is 2. The lowest BCUT2D eigenvalue weighted by molar-refractivity contribution is -0.159. The maximum absolute atomic E-state index is 10.9. The predicted octanol–water partition coefficient (Wildman–Crippen LogP) is 6.32. The number of hydrogen-bond donors (Lipinski definition) is 0. The number of carbonyl (C=O) groups excluding carboxylic acids is 2. The Hall–Kier alpha value is -1.84. The van der Waals surface area contributed by atoms with Crippen LogP contribution in [0.15, 0.2) is 36.0 Å². The monoisotopic (exact) mass is 392 g/mol. The van der Waals surface area contributed by atoms with Gasteiger partial charge >= 0.3 is 11.9 Å². The summed E-state index contributed by atoms with van der Waals surface area (Å²) in [5.41, 5.74) is 1.89. The van der Waals surface area contributed by atoms with Crippen LogP contribution in [0.1, 0.15) is 87.5 Å². The minimum atomic E-state index is -0.530. The first-order valence-corrected chi connectivity index (χ1v) is 10.1. The van der Waals surface area contributed by atoms with Crippen molar-refractivity contribution in [2.75, 3.05) is 0 Å². The van der Waals surface area contributed by atoms with Crippen LogP contribution in [0.5, 0.6) is 0 Å².